The predicted octanol–water partition coefficient (Wildman–Crippen LogP) is 20.6. The average molecular weight is 948 g/mol. The Hall–Kier alpha value is -0.160. The Bertz CT molecular complexity index is 1010. The van der Waals surface area contributed by atoms with Crippen molar-refractivity contribution in [3.05, 3.63) is 0 Å². The molecule has 0 aliphatic carbocycles. The lowest BCUT2D eigenvalue weighted by Gasteiger charge is -2.33. The van der Waals surface area contributed by atoms with E-state index in [4.69, 9.17) is 19.3 Å². The minimum atomic E-state index is -0.190. The minimum absolute atomic E-state index is 0.190. The normalized spacial score (nSPS) is 17.2. The number of aliphatic hydroxyl groups excluding tert-OH is 1. The van der Waals surface area contributed by atoms with Crippen LogP contribution in [0.25, 0.3) is 0 Å². The van der Waals surface area contributed by atoms with E-state index in [1.54, 1.807) is 7.11 Å². The van der Waals surface area contributed by atoms with Crippen molar-refractivity contribution < 1.29 is 19.3 Å². The van der Waals surface area contributed by atoms with Crippen LogP contribution in [0, 0.1) is 79.3 Å². The molecule has 10 atom stereocenters. The molecule has 0 radical (unpaired) electrons. The zero-order valence-electron chi connectivity index (χ0n) is 53.9. The molecule has 0 heterocycles. The number of ether oxygens (including phenoxy) is 3. The van der Waals surface area contributed by atoms with Crippen molar-refractivity contribution in [2.75, 3.05) is 13.7 Å². The van der Waals surface area contributed by atoms with Gasteiger partial charge in [0.25, 0.3) is 0 Å². The average Bonchev–Trinajstić information content (AvgIpc) is 3.10. The van der Waals surface area contributed by atoms with Gasteiger partial charge in [-0.05, 0) is 134 Å². The van der Waals surface area contributed by atoms with Crippen LogP contribution in [-0.2, 0) is 14.2 Å². The third kappa shape index (κ3) is 50.2. The summed E-state index contributed by atoms with van der Waals surface area (Å²) in [5.41, 5.74) is 2.82. The maximum atomic E-state index is 9.16. The minimum Gasteiger partial charge on any atom is -0.393 e. The van der Waals surface area contributed by atoms with Gasteiger partial charge in [-0.15, -0.1) is 0 Å². The van der Waals surface area contributed by atoms with Gasteiger partial charge < -0.3 is 19.3 Å². The summed E-state index contributed by atoms with van der Waals surface area (Å²) in [6.45, 7) is 85.1. The largest absolute Gasteiger partial charge is 0.393 e. The monoisotopic (exact) mass is 947 g/mol. The second-order valence-electron chi connectivity index (χ2n) is 28.7. The number of aliphatic hydroxyl groups is 1. The molecule has 0 bridgehead atoms. The molecule has 0 aromatic rings. The molecule has 0 aromatic carbocycles. The molecule has 0 fully saturated rings. The van der Waals surface area contributed by atoms with Gasteiger partial charge in [0.15, 0.2) is 0 Å². The van der Waals surface area contributed by atoms with E-state index >= 15 is 0 Å². The number of rotatable bonds is 12. The Morgan fingerprint density at radius 1 is 0.394 bits per heavy atom. The number of methoxy groups -OCH3 is 1. The third-order valence-corrected chi connectivity index (χ3v) is 15.0. The van der Waals surface area contributed by atoms with Crippen LogP contribution in [0.2, 0.25) is 0 Å². The summed E-state index contributed by atoms with van der Waals surface area (Å²) in [6, 6.07) is 0. The van der Waals surface area contributed by atoms with E-state index in [1.807, 2.05) is 13.8 Å². The maximum Gasteiger partial charge on any atom is 0.0580 e. The van der Waals surface area contributed by atoms with Gasteiger partial charge in [0.05, 0.1) is 30.5 Å². The van der Waals surface area contributed by atoms with Crippen molar-refractivity contribution >= 4 is 0 Å². The first-order chi connectivity index (χ1) is 28.8. The molecule has 4 nitrogen and oxygen atoms in total. The first kappa shape index (κ1) is 80.0. The van der Waals surface area contributed by atoms with Crippen LogP contribution in [-0.4, -0.2) is 49.3 Å². The third-order valence-electron chi connectivity index (χ3n) is 15.0. The standard InChI is InChI=1S/C11H24O.C10H22O.C9H20O.C9H20.C8H18O.C8H18.C7H16/c1-8(2)12-10(4)9(3)11(5,6)7;1-7-11-9(3)8(2)10(4,5)6;1-7(8(2)10-6)9(3,4)5;1-7(2)8(3)9(4,5)6;1-6(7(2)9)8(3,4)5;1-6-7(2)8(3,4)5;1-5-6-7(2,3)4/h8-10H,1-7H3;8-9H,7H2,1-6H3;7-8H,1-6H3;7-8H,1-6H3;6-7,9H,1-5H3;7H,6H2,1-5H3;5-6H2,1-4H3. The summed E-state index contributed by atoms with van der Waals surface area (Å²) in [5.74, 6) is 4.67. The van der Waals surface area contributed by atoms with Gasteiger partial charge in [0.2, 0.25) is 0 Å². The van der Waals surface area contributed by atoms with Crippen molar-refractivity contribution in [3.63, 3.8) is 0 Å². The Labute approximate surface area is 423 Å². The fraction of sp³-hybridized carbons (Fsp3) is 1.00. The van der Waals surface area contributed by atoms with E-state index in [9.17, 15) is 0 Å². The van der Waals surface area contributed by atoms with E-state index in [2.05, 4.69) is 249 Å². The molecule has 0 aromatic heterocycles. The number of hydrogen-bond acceptors (Lipinski definition) is 4. The van der Waals surface area contributed by atoms with Gasteiger partial charge in [0, 0.05) is 13.7 Å². The van der Waals surface area contributed by atoms with Crippen molar-refractivity contribution in [2.45, 2.75) is 313 Å². The van der Waals surface area contributed by atoms with E-state index < -0.39 is 0 Å². The molecular formula is C62H138O4. The molecule has 1 N–H and O–H groups in total. The van der Waals surface area contributed by atoms with Gasteiger partial charge in [-0.25, -0.2) is 0 Å². The lowest BCUT2D eigenvalue weighted by atomic mass is 9.76. The first-order valence-corrected chi connectivity index (χ1v) is 27.3. The summed E-state index contributed by atoms with van der Waals surface area (Å²) in [6.07, 6.45) is 5.18. The summed E-state index contributed by atoms with van der Waals surface area (Å²) in [7, 11) is 1.77. The zero-order chi connectivity index (χ0) is 55.4. The van der Waals surface area contributed by atoms with Crippen molar-refractivity contribution in [2.24, 2.45) is 79.3 Å². The highest BCUT2D eigenvalue weighted by Gasteiger charge is 2.28. The highest BCUT2D eigenvalue weighted by atomic mass is 16.5. The lowest BCUT2D eigenvalue weighted by molar-refractivity contribution is -0.0383. The highest BCUT2D eigenvalue weighted by molar-refractivity contribution is 4.77. The SMILES string of the molecule is CC(C)C(C)C(C)(C)C.CC(C)OC(C)C(C)C(C)(C)C.CC(O)C(C)C(C)(C)C.CCC(C)C(C)(C)C.CCCC(C)(C)C.CCOC(C)C(C)C(C)(C)C.COC(C)C(C)C(C)(C)C. The van der Waals surface area contributed by atoms with Crippen LogP contribution < -0.4 is 0 Å². The molecule has 0 spiro atoms. The molecule has 0 saturated carbocycles. The molecule has 0 saturated heterocycles. The molecule has 0 rings (SSSR count). The van der Waals surface area contributed by atoms with Crippen molar-refractivity contribution in [3.8, 4) is 0 Å². The fourth-order valence-electron chi connectivity index (χ4n) is 6.36. The van der Waals surface area contributed by atoms with E-state index in [1.165, 1.54) is 19.3 Å². The van der Waals surface area contributed by atoms with Crippen LogP contribution in [0.5, 0.6) is 0 Å². The molecular weight excluding hydrogens is 809 g/mol. The van der Waals surface area contributed by atoms with Crippen molar-refractivity contribution in [1.82, 2.24) is 0 Å². The second-order valence-corrected chi connectivity index (χ2v) is 28.7. The van der Waals surface area contributed by atoms with Crippen LogP contribution in [0.15, 0.2) is 0 Å². The first-order valence-electron chi connectivity index (χ1n) is 27.3. The molecule has 10 unspecified atom stereocenters. The Morgan fingerprint density at radius 3 is 0.803 bits per heavy atom. The van der Waals surface area contributed by atoms with E-state index in [-0.39, 0.29) is 11.5 Å². The van der Waals surface area contributed by atoms with Gasteiger partial charge >= 0.3 is 0 Å². The quantitative estimate of drug-likeness (QED) is 0.212. The second kappa shape index (κ2) is 36.7. The molecule has 0 amide bonds. The summed E-state index contributed by atoms with van der Waals surface area (Å²) < 4.78 is 16.5. The zero-order valence-corrected chi connectivity index (χ0v) is 53.9. The molecule has 0 aliphatic heterocycles. The van der Waals surface area contributed by atoms with E-state index in [0.717, 1.165) is 24.4 Å². The van der Waals surface area contributed by atoms with Crippen LogP contribution >= 0.6 is 0 Å². The summed E-state index contributed by atoms with van der Waals surface area (Å²) >= 11 is 0. The van der Waals surface area contributed by atoms with E-state index in [0.29, 0.717) is 80.6 Å². The van der Waals surface area contributed by atoms with Gasteiger partial charge in [-0.1, -0.05) is 227 Å². The molecule has 66 heavy (non-hydrogen) atoms. The van der Waals surface area contributed by atoms with Gasteiger partial charge in [-0.3, -0.25) is 0 Å². The van der Waals surface area contributed by atoms with Crippen LogP contribution in [0.3, 0.4) is 0 Å². The van der Waals surface area contributed by atoms with Crippen molar-refractivity contribution in [1.29, 1.82) is 0 Å². The van der Waals surface area contributed by atoms with Gasteiger partial charge in [-0.2, -0.15) is 0 Å². The Morgan fingerprint density at radius 2 is 0.697 bits per heavy atom. The summed E-state index contributed by atoms with van der Waals surface area (Å²) in [5, 5.41) is 9.16. The molecule has 0 aliphatic rings. The number of hydrogen-bond donors (Lipinski definition) is 1. The summed E-state index contributed by atoms with van der Waals surface area (Å²) in [4.78, 5) is 0. The Balaban J connectivity index is -0.000000124. The lowest BCUT2D eigenvalue weighted by Crippen LogP contribution is -2.31. The predicted molar refractivity (Wildman–Crippen MR) is 306 cm³/mol. The molecule has 410 valence electrons. The fourth-order valence-corrected chi connectivity index (χ4v) is 6.36. The Kier molecular flexibility index (Phi) is 44.5. The highest BCUT2D eigenvalue weighted by Crippen LogP contribution is 2.33. The van der Waals surface area contributed by atoms with Crippen LogP contribution in [0.4, 0.5) is 0 Å². The van der Waals surface area contributed by atoms with Crippen LogP contribution in [0.1, 0.15) is 282 Å². The smallest absolute Gasteiger partial charge is 0.0580 e. The van der Waals surface area contributed by atoms with Gasteiger partial charge in [0.1, 0.15) is 0 Å². The topological polar surface area (TPSA) is 47.9 Å². The molecule has 4 heteroatoms. The maximum absolute atomic E-state index is 9.16.